The molecule has 0 fully saturated rings. The lowest BCUT2D eigenvalue weighted by molar-refractivity contribution is 0.590. The molecule has 0 saturated carbocycles. The third kappa shape index (κ3) is 4.46. The molecule has 0 saturated heterocycles. The zero-order chi connectivity index (χ0) is 29.2. The minimum Gasteiger partial charge on any atom is -0.437 e. The fourth-order valence-electron chi connectivity index (χ4n) is 5.98. The number of para-hydroxylation sites is 1. The Morgan fingerprint density at radius 3 is 2.17 bits per heavy atom. The summed E-state index contributed by atoms with van der Waals surface area (Å²) >= 11 is 0. The highest BCUT2D eigenvalue weighted by atomic mass is 16.3. The zero-order valence-corrected chi connectivity index (χ0v) is 25.0. The van der Waals surface area contributed by atoms with Crippen molar-refractivity contribution >= 4 is 32.8 Å². The summed E-state index contributed by atoms with van der Waals surface area (Å²) in [6.07, 6.45) is 1.97. The van der Waals surface area contributed by atoms with Gasteiger partial charge >= 0.3 is 0 Å². The highest BCUT2D eigenvalue weighted by Gasteiger charge is 2.17. The molecule has 7 aromatic rings. The molecule has 3 heterocycles. The molecule has 0 aliphatic heterocycles. The van der Waals surface area contributed by atoms with Crippen LogP contribution in [-0.4, -0.2) is 9.97 Å². The first kappa shape index (κ1) is 26.2. The fourth-order valence-corrected chi connectivity index (χ4v) is 5.98. The molecular weight excluding hydrogens is 512 g/mol. The summed E-state index contributed by atoms with van der Waals surface area (Å²) in [7, 11) is 0. The average molecular weight is 547 g/mol. The van der Waals surface area contributed by atoms with Crippen molar-refractivity contribution in [3.63, 3.8) is 0 Å². The third-order valence-corrected chi connectivity index (χ3v) is 8.44. The van der Waals surface area contributed by atoms with Gasteiger partial charge in [-0.3, -0.25) is 4.98 Å². The number of aromatic nitrogens is 2. The van der Waals surface area contributed by atoms with Gasteiger partial charge in [-0.2, -0.15) is 0 Å². The summed E-state index contributed by atoms with van der Waals surface area (Å²) in [6.45, 7) is 13.1. The number of pyridine rings is 2. The lowest BCUT2D eigenvalue weighted by Gasteiger charge is -2.19. The van der Waals surface area contributed by atoms with Gasteiger partial charge in [-0.25, -0.2) is 4.98 Å². The van der Waals surface area contributed by atoms with Gasteiger partial charge in [-0.15, -0.1) is 0 Å². The van der Waals surface area contributed by atoms with Gasteiger partial charge in [-0.1, -0.05) is 75.4 Å². The van der Waals surface area contributed by atoms with E-state index in [1.54, 1.807) is 0 Å². The number of furan rings is 1. The van der Waals surface area contributed by atoms with Crippen LogP contribution in [0.1, 0.15) is 43.2 Å². The van der Waals surface area contributed by atoms with Crippen molar-refractivity contribution in [2.24, 2.45) is 0 Å². The second-order valence-electron chi connectivity index (χ2n) is 12.5. The summed E-state index contributed by atoms with van der Waals surface area (Å²) in [5, 5.41) is 4.56. The molecule has 0 radical (unpaired) electrons. The second-order valence-corrected chi connectivity index (χ2v) is 12.5. The van der Waals surface area contributed by atoms with Gasteiger partial charge in [-0.05, 0) is 112 Å². The number of nitrogens with zero attached hydrogens (tertiary/aromatic N) is 2. The molecule has 0 spiro atoms. The predicted octanol–water partition coefficient (Wildman–Crippen LogP) is 10.8. The predicted molar refractivity (Wildman–Crippen MR) is 176 cm³/mol. The van der Waals surface area contributed by atoms with Crippen molar-refractivity contribution in [1.82, 2.24) is 9.97 Å². The van der Waals surface area contributed by atoms with E-state index in [-0.39, 0.29) is 5.41 Å². The van der Waals surface area contributed by atoms with Gasteiger partial charge in [0.1, 0.15) is 5.58 Å². The molecule has 7 rings (SSSR count). The smallest absolute Gasteiger partial charge is 0.227 e. The quantitative estimate of drug-likeness (QED) is 0.221. The maximum absolute atomic E-state index is 6.30. The zero-order valence-electron chi connectivity index (χ0n) is 25.0. The lowest BCUT2D eigenvalue weighted by atomic mass is 9.86. The molecule has 206 valence electrons. The van der Waals surface area contributed by atoms with Gasteiger partial charge in [0.15, 0.2) is 0 Å². The number of aryl methyl sites for hydroxylation is 3. The highest BCUT2D eigenvalue weighted by Crippen LogP contribution is 2.38. The van der Waals surface area contributed by atoms with E-state index in [1.165, 1.54) is 44.2 Å². The number of hydrogen-bond donors (Lipinski definition) is 0. The van der Waals surface area contributed by atoms with Crippen molar-refractivity contribution in [2.75, 3.05) is 0 Å². The first-order chi connectivity index (χ1) is 20.2. The number of fused-ring (bicyclic) bond motifs is 4. The van der Waals surface area contributed by atoms with Crippen molar-refractivity contribution in [1.29, 1.82) is 0 Å². The van der Waals surface area contributed by atoms with Crippen LogP contribution in [0.25, 0.3) is 66.4 Å². The Hall–Kier alpha value is -4.76. The molecular formula is C39H34N2O. The minimum atomic E-state index is 0.148. The first-order valence-electron chi connectivity index (χ1n) is 14.6. The Balaban J connectivity index is 1.30. The van der Waals surface area contributed by atoms with Crippen LogP contribution >= 0.6 is 0 Å². The van der Waals surface area contributed by atoms with E-state index >= 15 is 0 Å². The fraction of sp³-hybridized carbons (Fsp3) is 0.179. The van der Waals surface area contributed by atoms with E-state index < -0.39 is 0 Å². The Labute approximate surface area is 246 Å². The van der Waals surface area contributed by atoms with Crippen LogP contribution in [-0.2, 0) is 5.41 Å². The Kier molecular flexibility index (Phi) is 6.02. The summed E-state index contributed by atoms with van der Waals surface area (Å²) < 4.78 is 6.30. The van der Waals surface area contributed by atoms with Crippen LogP contribution in [0, 0.1) is 20.8 Å². The summed E-state index contributed by atoms with van der Waals surface area (Å²) in [5.41, 5.74) is 13.1. The Morgan fingerprint density at radius 1 is 0.619 bits per heavy atom. The van der Waals surface area contributed by atoms with Gasteiger partial charge in [0.05, 0.1) is 5.69 Å². The second kappa shape index (κ2) is 9.66. The van der Waals surface area contributed by atoms with E-state index in [2.05, 4.69) is 125 Å². The molecule has 3 heteroatoms. The molecule has 0 bridgehead atoms. The monoisotopic (exact) mass is 546 g/mol. The number of benzene rings is 4. The van der Waals surface area contributed by atoms with E-state index in [0.29, 0.717) is 5.71 Å². The van der Waals surface area contributed by atoms with Crippen molar-refractivity contribution < 1.29 is 4.42 Å². The topological polar surface area (TPSA) is 38.9 Å². The van der Waals surface area contributed by atoms with Crippen LogP contribution in [0.4, 0.5) is 0 Å². The molecule has 0 atom stereocenters. The van der Waals surface area contributed by atoms with Gasteiger partial charge < -0.3 is 4.42 Å². The molecule has 3 aromatic heterocycles. The van der Waals surface area contributed by atoms with E-state index in [9.17, 15) is 0 Å². The van der Waals surface area contributed by atoms with Gasteiger partial charge in [0, 0.05) is 28.2 Å². The number of rotatable bonds is 3. The lowest BCUT2D eigenvalue weighted by Crippen LogP contribution is -2.10. The van der Waals surface area contributed by atoms with Crippen molar-refractivity contribution in [3.05, 3.63) is 120 Å². The van der Waals surface area contributed by atoms with E-state index in [1.807, 2.05) is 19.2 Å². The molecule has 0 unspecified atom stereocenters. The molecule has 4 aromatic carbocycles. The molecule has 42 heavy (non-hydrogen) atoms. The average Bonchev–Trinajstić information content (AvgIpc) is 3.34. The summed E-state index contributed by atoms with van der Waals surface area (Å²) in [4.78, 5) is 9.47. The van der Waals surface area contributed by atoms with Crippen molar-refractivity contribution in [3.8, 4) is 33.5 Å². The molecule has 0 amide bonds. The maximum Gasteiger partial charge on any atom is 0.227 e. The Bertz CT molecular complexity index is 2140. The molecule has 0 aliphatic rings. The maximum atomic E-state index is 6.30. The normalized spacial score (nSPS) is 12.0. The SMILES string of the molecule is Cc1ccc2c(n1)oc1c(-c3cc(-c4cc5ccc(-c6ccc(C(C)(C)C)cc6)cc5cc4C)c(C)cn3)cccc12. The largest absolute Gasteiger partial charge is 0.437 e. The summed E-state index contributed by atoms with van der Waals surface area (Å²) in [5.74, 6) is 0. The van der Waals surface area contributed by atoms with Crippen LogP contribution in [0.3, 0.4) is 0 Å². The van der Waals surface area contributed by atoms with Gasteiger partial charge in [0.25, 0.3) is 0 Å². The van der Waals surface area contributed by atoms with E-state index in [4.69, 9.17) is 9.40 Å². The number of hydrogen-bond acceptors (Lipinski definition) is 3. The molecule has 0 N–H and O–H groups in total. The van der Waals surface area contributed by atoms with Gasteiger partial charge in [0.2, 0.25) is 5.71 Å². The standard InChI is InChI=1S/C39H34N2O/c1-23-18-29-19-27(26-13-15-30(16-14-26)39(4,5)6)11-12-28(29)20-34(23)35-21-36(40-22-24(35)2)33-9-7-8-31-32-17-10-25(3)41-38(32)42-37(31)33/h7-22H,1-6H3. The van der Waals surface area contributed by atoms with Crippen LogP contribution in [0.2, 0.25) is 0 Å². The first-order valence-corrected chi connectivity index (χ1v) is 14.6. The van der Waals surface area contributed by atoms with Crippen LogP contribution < -0.4 is 0 Å². The van der Waals surface area contributed by atoms with E-state index in [0.717, 1.165) is 38.9 Å². The minimum absolute atomic E-state index is 0.148. The molecule has 3 nitrogen and oxygen atoms in total. The third-order valence-electron chi connectivity index (χ3n) is 8.44. The molecule has 0 aliphatic carbocycles. The summed E-state index contributed by atoms with van der Waals surface area (Å²) in [6, 6.07) is 33.0. The van der Waals surface area contributed by atoms with Crippen molar-refractivity contribution in [2.45, 2.75) is 47.0 Å². The van der Waals surface area contributed by atoms with Crippen LogP contribution in [0.5, 0.6) is 0 Å². The van der Waals surface area contributed by atoms with Crippen LogP contribution in [0.15, 0.2) is 102 Å². The Morgan fingerprint density at radius 2 is 1.38 bits per heavy atom. The highest BCUT2D eigenvalue weighted by molar-refractivity contribution is 6.08.